The number of hydrogen-bond donors (Lipinski definition) is 2. The summed E-state index contributed by atoms with van der Waals surface area (Å²) in [6.45, 7) is 6.55. The highest BCUT2D eigenvalue weighted by Crippen LogP contribution is 2.26. The third-order valence-corrected chi connectivity index (χ3v) is 2.61. The second-order valence-corrected chi connectivity index (χ2v) is 4.12. The molecule has 0 saturated carbocycles. The van der Waals surface area contributed by atoms with Crippen LogP contribution in [0.3, 0.4) is 0 Å². The molecule has 0 atom stereocenters. The molecule has 0 spiro atoms. The minimum Gasteiger partial charge on any atom is -0.504 e. The summed E-state index contributed by atoms with van der Waals surface area (Å²) < 4.78 is 5.34. The van der Waals surface area contributed by atoms with Gasteiger partial charge >= 0.3 is 0 Å². The highest BCUT2D eigenvalue weighted by Gasteiger charge is 2.02. The fourth-order valence-corrected chi connectivity index (χ4v) is 1.67. The number of hydrogen-bond acceptors (Lipinski definition) is 3. The lowest BCUT2D eigenvalue weighted by Gasteiger charge is -2.09. The van der Waals surface area contributed by atoms with E-state index in [0.717, 1.165) is 18.7 Å². The molecular formula is C14H23NO2. The minimum absolute atomic E-state index is 0.210. The average molecular weight is 237 g/mol. The molecule has 3 nitrogen and oxygen atoms in total. The van der Waals surface area contributed by atoms with E-state index in [-0.39, 0.29) is 5.75 Å². The van der Waals surface area contributed by atoms with Gasteiger partial charge in [0.25, 0.3) is 0 Å². The maximum atomic E-state index is 9.56. The minimum atomic E-state index is 0.210. The number of benzene rings is 1. The summed E-state index contributed by atoms with van der Waals surface area (Å²) in [6, 6.07) is 5.50. The number of rotatable bonds is 8. The number of nitrogens with one attached hydrogen (secondary N) is 1. The van der Waals surface area contributed by atoms with Gasteiger partial charge < -0.3 is 15.2 Å². The van der Waals surface area contributed by atoms with E-state index in [0.29, 0.717) is 12.4 Å². The van der Waals surface area contributed by atoms with Gasteiger partial charge in [-0.25, -0.2) is 0 Å². The van der Waals surface area contributed by atoms with Crippen LogP contribution in [0.5, 0.6) is 11.5 Å². The highest BCUT2D eigenvalue weighted by atomic mass is 16.5. The van der Waals surface area contributed by atoms with Gasteiger partial charge in [0.05, 0.1) is 6.61 Å². The molecular weight excluding hydrogens is 214 g/mol. The van der Waals surface area contributed by atoms with Crippen molar-refractivity contribution in [3.05, 3.63) is 23.8 Å². The van der Waals surface area contributed by atoms with Gasteiger partial charge in [0, 0.05) is 6.54 Å². The molecule has 0 heterocycles. The molecule has 0 aromatic heterocycles. The maximum absolute atomic E-state index is 9.56. The van der Waals surface area contributed by atoms with Crippen molar-refractivity contribution in [2.45, 2.75) is 39.7 Å². The Morgan fingerprint density at radius 3 is 2.76 bits per heavy atom. The van der Waals surface area contributed by atoms with Crippen LogP contribution in [0.15, 0.2) is 18.2 Å². The van der Waals surface area contributed by atoms with Crippen molar-refractivity contribution < 1.29 is 9.84 Å². The summed E-state index contributed by atoms with van der Waals surface area (Å²) in [4.78, 5) is 0. The van der Waals surface area contributed by atoms with Crippen LogP contribution >= 0.6 is 0 Å². The Kier molecular flexibility index (Phi) is 6.48. The molecule has 0 aliphatic carbocycles. The first-order chi connectivity index (χ1) is 8.27. The highest BCUT2D eigenvalue weighted by molar-refractivity contribution is 5.41. The first-order valence-electron chi connectivity index (χ1n) is 6.43. The third kappa shape index (κ3) is 5.09. The second-order valence-electron chi connectivity index (χ2n) is 4.12. The van der Waals surface area contributed by atoms with Gasteiger partial charge in [-0.2, -0.15) is 0 Å². The number of unbranched alkanes of at least 4 members (excludes halogenated alkanes) is 2. The summed E-state index contributed by atoms with van der Waals surface area (Å²) >= 11 is 0. The Morgan fingerprint density at radius 1 is 1.24 bits per heavy atom. The zero-order valence-electron chi connectivity index (χ0n) is 10.8. The summed E-state index contributed by atoms with van der Waals surface area (Å²) in [5, 5.41) is 13.0. The van der Waals surface area contributed by atoms with Gasteiger partial charge in [0.15, 0.2) is 11.5 Å². The van der Waals surface area contributed by atoms with Gasteiger partial charge in [0.1, 0.15) is 0 Å². The molecule has 1 aromatic rings. The Bertz CT molecular complexity index is 326. The van der Waals surface area contributed by atoms with Gasteiger partial charge in [-0.05, 0) is 37.6 Å². The fourth-order valence-electron chi connectivity index (χ4n) is 1.67. The Hall–Kier alpha value is -1.22. The van der Waals surface area contributed by atoms with Crippen LogP contribution < -0.4 is 10.1 Å². The number of phenols is 1. The van der Waals surface area contributed by atoms with Crippen molar-refractivity contribution in [2.24, 2.45) is 0 Å². The van der Waals surface area contributed by atoms with E-state index in [1.165, 1.54) is 19.3 Å². The molecule has 96 valence electrons. The average Bonchev–Trinajstić information content (AvgIpc) is 2.33. The Labute approximate surface area is 104 Å². The van der Waals surface area contributed by atoms with Crippen LogP contribution in [0.4, 0.5) is 0 Å². The van der Waals surface area contributed by atoms with Crippen LogP contribution in [-0.4, -0.2) is 18.3 Å². The quantitative estimate of drug-likeness (QED) is 0.683. The molecule has 17 heavy (non-hydrogen) atoms. The third-order valence-electron chi connectivity index (χ3n) is 2.61. The maximum Gasteiger partial charge on any atom is 0.161 e. The molecule has 0 bridgehead atoms. The smallest absolute Gasteiger partial charge is 0.161 e. The van der Waals surface area contributed by atoms with Crippen LogP contribution in [0, 0.1) is 0 Å². The van der Waals surface area contributed by atoms with Gasteiger partial charge in [-0.15, -0.1) is 0 Å². The lowest BCUT2D eigenvalue weighted by atomic mass is 10.2. The topological polar surface area (TPSA) is 41.5 Å². The monoisotopic (exact) mass is 237 g/mol. The predicted molar refractivity (Wildman–Crippen MR) is 70.5 cm³/mol. The lowest BCUT2D eigenvalue weighted by Crippen LogP contribution is -2.14. The van der Waals surface area contributed by atoms with Crippen molar-refractivity contribution >= 4 is 0 Å². The van der Waals surface area contributed by atoms with Gasteiger partial charge in [-0.1, -0.05) is 25.8 Å². The van der Waals surface area contributed by atoms with E-state index in [4.69, 9.17) is 4.74 Å². The molecule has 0 radical (unpaired) electrons. The van der Waals surface area contributed by atoms with E-state index in [1.54, 1.807) is 6.07 Å². The summed E-state index contributed by atoms with van der Waals surface area (Å²) in [6.07, 6.45) is 3.73. The first-order valence-corrected chi connectivity index (χ1v) is 6.43. The van der Waals surface area contributed by atoms with E-state index in [9.17, 15) is 5.11 Å². The SMILES string of the molecule is CCCCCNCc1ccc(O)c(OCC)c1. The number of phenolic OH excluding ortho intramolecular Hbond substituents is 1. The standard InChI is InChI=1S/C14H23NO2/c1-3-5-6-9-15-11-12-7-8-13(16)14(10-12)17-4-2/h7-8,10,15-16H,3-6,9,11H2,1-2H3. The molecule has 0 unspecified atom stereocenters. The zero-order valence-corrected chi connectivity index (χ0v) is 10.8. The molecule has 0 amide bonds. The van der Waals surface area contributed by atoms with E-state index in [1.807, 2.05) is 19.1 Å². The number of ether oxygens (including phenoxy) is 1. The number of aromatic hydroxyl groups is 1. The largest absolute Gasteiger partial charge is 0.504 e. The van der Waals surface area contributed by atoms with Crippen molar-refractivity contribution in [1.82, 2.24) is 5.32 Å². The van der Waals surface area contributed by atoms with E-state index in [2.05, 4.69) is 12.2 Å². The molecule has 3 heteroatoms. The van der Waals surface area contributed by atoms with Crippen LogP contribution in [0.1, 0.15) is 38.7 Å². The molecule has 1 rings (SSSR count). The van der Waals surface area contributed by atoms with Crippen molar-refractivity contribution in [2.75, 3.05) is 13.2 Å². The fraction of sp³-hybridized carbons (Fsp3) is 0.571. The molecule has 2 N–H and O–H groups in total. The summed E-state index contributed by atoms with van der Waals surface area (Å²) in [7, 11) is 0. The van der Waals surface area contributed by atoms with Gasteiger partial charge in [-0.3, -0.25) is 0 Å². The second kappa shape index (κ2) is 7.96. The molecule has 1 aromatic carbocycles. The summed E-state index contributed by atoms with van der Waals surface area (Å²) in [5.41, 5.74) is 1.14. The zero-order chi connectivity index (χ0) is 12.5. The van der Waals surface area contributed by atoms with Crippen LogP contribution in [0.25, 0.3) is 0 Å². The molecule has 0 saturated heterocycles. The van der Waals surface area contributed by atoms with Gasteiger partial charge in [0.2, 0.25) is 0 Å². The molecule has 0 fully saturated rings. The van der Waals surface area contributed by atoms with E-state index < -0.39 is 0 Å². The lowest BCUT2D eigenvalue weighted by molar-refractivity contribution is 0.317. The molecule has 0 aliphatic heterocycles. The van der Waals surface area contributed by atoms with Crippen molar-refractivity contribution in [3.63, 3.8) is 0 Å². The normalized spacial score (nSPS) is 10.5. The van der Waals surface area contributed by atoms with Crippen LogP contribution in [0.2, 0.25) is 0 Å². The van der Waals surface area contributed by atoms with Crippen molar-refractivity contribution in [1.29, 1.82) is 0 Å². The Morgan fingerprint density at radius 2 is 2.06 bits per heavy atom. The predicted octanol–water partition coefficient (Wildman–Crippen LogP) is 3.07. The van der Waals surface area contributed by atoms with Crippen molar-refractivity contribution in [3.8, 4) is 11.5 Å². The summed E-state index contributed by atoms with van der Waals surface area (Å²) in [5.74, 6) is 0.780. The molecule has 0 aliphatic rings. The van der Waals surface area contributed by atoms with Crippen LogP contribution in [-0.2, 0) is 6.54 Å². The first kappa shape index (κ1) is 13.8. The van der Waals surface area contributed by atoms with E-state index >= 15 is 0 Å². The Balaban J connectivity index is 2.40.